The van der Waals surface area contributed by atoms with Crippen molar-refractivity contribution in [2.75, 3.05) is 32.1 Å². The Morgan fingerprint density at radius 1 is 1.38 bits per heavy atom. The van der Waals surface area contributed by atoms with Crippen LogP contribution in [0.5, 0.6) is 0 Å². The summed E-state index contributed by atoms with van der Waals surface area (Å²) in [7, 11) is 4.18. The van der Waals surface area contributed by atoms with Gasteiger partial charge in [0.1, 0.15) is 5.82 Å². The van der Waals surface area contributed by atoms with Gasteiger partial charge in [-0.05, 0) is 38.1 Å². The third kappa shape index (κ3) is 3.35. The van der Waals surface area contributed by atoms with E-state index in [4.69, 9.17) is 0 Å². The summed E-state index contributed by atoms with van der Waals surface area (Å²) in [6.45, 7) is 8.10. The van der Waals surface area contributed by atoms with Crippen LogP contribution in [0.1, 0.15) is 42.7 Å². The fourth-order valence-corrected chi connectivity index (χ4v) is 2.93. The minimum atomic E-state index is -0.892. The summed E-state index contributed by atoms with van der Waals surface area (Å²) in [5.41, 5.74) is 1.16. The van der Waals surface area contributed by atoms with Crippen molar-refractivity contribution in [3.05, 3.63) is 23.4 Å². The van der Waals surface area contributed by atoms with Gasteiger partial charge in [0.05, 0.1) is 5.56 Å². The molecule has 5 heteroatoms. The second-order valence-electron chi connectivity index (χ2n) is 6.51. The molecule has 1 N–H and O–H groups in total. The number of aromatic carboxylic acids is 1. The van der Waals surface area contributed by atoms with E-state index in [9.17, 15) is 9.90 Å². The molecule has 5 nitrogen and oxygen atoms in total. The fourth-order valence-electron chi connectivity index (χ4n) is 2.93. The number of rotatable bonds is 4. The standard InChI is InChI=1S/C16H25N3O2/c1-10(2)13-6-12(16(20)21)7-15(17-13)19-8-11(3)14(9-19)18(4)5/h6-7,10-11,14H,8-9H2,1-5H3,(H,20,21). The van der Waals surface area contributed by atoms with Crippen LogP contribution in [-0.4, -0.2) is 54.2 Å². The molecule has 0 bridgehead atoms. The van der Waals surface area contributed by atoms with Gasteiger partial charge in [-0.1, -0.05) is 20.8 Å². The highest BCUT2D eigenvalue weighted by Gasteiger charge is 2.32. The van der Waals surface area contributed by atoms with Gasteiger partial charge in [0, 0.05) is 24.8 Å². The molecule has 116 valence electrons. The third-order valence-corrected chi connectivity index (χ3v) is 4.23. The fraction of sp³-hybridized carbons (Fsp3) is 0.625. The Morgan fingerprint density at radius 3 is 2.52 bits per heavy atom. The molecule has 2 heterocycles. The minimum Gasteiger partial charge on any atom is -0.478 e. The van der Waals surface area contributed by atoms with Crippen LogP contribution in [0, 0.1) is 5.92 Å². The van der Waals surface area contributed by atoms with Crippen molar-refractivity contribution in [2.24, 2.45) is 5.92 Å². The molecule has 0 radical (unpaired) electrons. The molecular weight excluding hydrogens is 266 g/mol. The Hall–Kier alpha value is -1.62. The molecule has 1 aromatic heterocycles. The van der Waals surface area contributed by atoms with Crippen LogP contribution in [0.15, 0.2) is 12.1 Å². The summed E-state index contributed by atoms with van der Waals surface area (Å²) in [5, 5.41) is 9.30. The highest BCUT2D eigenvalue weighted by molar-refractivity contribution is 5.88. The quantitative estimate of drug-likeness (QED) is 0.922. The van der Waals surface area contributed by atoms with E-state index in [1.54, 1.807) is 12.1 Å². The lowest BCUT2D eigenvalue weighted by molar-refractivity contribution is 0.0696. The van der Waals surface area contributed by atoms with E-state index < -0.39 is 5.97 Å². The Labute approximate surface area is 126 Å². The Kier molecular flexibility index (Phi) is 4.52. The van der Waals surface area contributed by atoms with Crippen molar-refractivity contribution in [1.82, 2.24) is 9.88 Å². The first kappa shape index (κ1) is 15.8. The summed E-state index contributed by atoms with van der Waals surface area (Å²) >= 11 is 0. The van der Waals surface area contributed by atoms with Crippen molar-refractivity contribution in [2.45, 2.75) is 32.7 Å². The molecule has 0 aromatic carbocycles. The van der Waals surface area contributed by atoms with Crippen molar-refractivity contribution >= 4 is 11.8 Å². The molecule has 0 amide bonds. The summed E-state index contributed by atoms with van der Waals surface area (Å²) in [4.78, 5) is 20.4. The lowest BCUT2D eigenvalue weighted by Crippen LogP contribution is -2.34. The molecule has 0 saturated carbocycles. The zero-order valence-electron chi connectivity index (χ0n) is 13.5. The van der Waals surface area contributed by atoms with E-state index in [1.807, 2.05) is 13.8 Å². The zero-order valence-corrected chi connectivity index (χ0v) is 13.5. The largest absolute Gasteiger partial charge is 0.478 e. The number of pyridine rings is 1. The van der Waals surface area contributed by atoms with Gasteiger partial charge in [-0.3, -0.25) is 0 Å². The molecule has 2 rings (SSSR count). The summed E-state index contributed by atoms with van der Waals surface area (Å²) < 4.78 is 0. The van der Waals surface area contributed by atoms with E-state index in [0.717, 1.165) is 24.6 Å². The number of hydrogen-bond acceptors (Lipinski definition) is 4. The number of likely N-dealkylation sites (N-methyl/N-ethyl adjacent to an activating group) is 1. The van der Waals surface area contributed by atoms with Gasteiger partial charge in [-0.2, -0.15) is 0 Å². The zero-order chi connectivity index (χ0) is 15.7. The molecule has 0 spiro atoms. The van der Waals surface area contributed by atoms with E-state index >= 15 is 0 Å². The van der Waals surface area contributed by atoms with Crippen molar-refractivity contribution in [1.29, 1.82) is 0 Å². The lowest BCUT2D eigenvalue weighted by atomic mass is 10.1. The second kappa shape index (κ2) is 6.02. The summed E-state index contributed by atoms with van der Waals surface area (Å²) in [6, 6.07) is 3.85. The van der Waals surface area contributed by atoms with Crippen molar-refractivity contribution in [3.8, 4) is 0 Å². The van der Waals surface area contributed by atoms with Gasteiger partial charge < -0.3 is 14.9 Å². The highest BCUT2D eigenvalue weighted by atomic mass is 16.4. The van der Waals surface area contributed by atoms with E-state index in [1.165, 1.54) is 0 Å². The van der Waals surface area contributed by atoms with E-state index in [0.29, 0.717) is 17.5 Å². The normalized spacial score (nSPS) is 22.3. The molecule has 2 atom stereocenters. The maximum Gasteiger partial charge on any atom is 0.335 e. The molecule has 1 aromatic rings. The van der Waals surface area contributed by atoms with Gasteiger partial charge in [0.15, 0.2) is 0 Å². The maximum absolute atomic E-state index is 11.3. The van der Waals surface area contributed by atoms with Crippen LogP contribution in [0.25, 0.3) is 0 Å². The molecule has 1 aliphatic rings. The molecule has 1 saturated heterocycles. The number of anilines is 1. The highest BCUT2D eigenvalue weighted by Crippen LogP contribution is 2.27. The number of carboxylic acids is 1. The predicted octanol–water partition coefficient (Wildman–Crippen LogP) is 2.29. The van der Waals surface area contributed by atoms with Crippen LogP contribution in [-0.2, 0) is 0 Å². The number of carboxylic acid groups (broad SMARTS) is 1. The van der Waals surface area contributed by atoms with Gasteiger partial charge in [-0.15, -0.1) is 0 Å². The smallest absolute Gasteiger partial charge is 0.335 e. The predicted molar refractivity (Wildman–Crippen MR) is 84.1 cm³/mol. The third-order valence-electron chi connectivity index (χ3n) is 4.23. The number of aromatic nitrogens is 1. The van der Waals surface area contributed by atoms with Gasteiger partial charge in [-0.25, -0.2) is 9.78 Å². The summed E-state index contributed by atoms with van der Waals surface area (Å²) in [6.07, 6.45) is 0. The molecule has 1 aliphatic heterocycles. The SMILES string of the molecule is CC(C)c1cc(C(=O)O)cc(N2CC(C)C(N(C)C)C2)n1. The van der Waals surface area contributed by atoms with Crippen LogP contribution >= 0.6 is 0 Å². The van der Waals surface area contributed by atoms with Crippen molar-refractivity contribution in [3.63, 3.8) is 0 Å². The second-order valence-corrected chi connectivity index (χ2v) is 6.51. The molecule has 0 aliphatic carbocycles. The number of nitrogens with zero attached hydrogens (tertiary/aromatic N) is 3. The van der Waals surface area contributed by atoms with Gasteiger partial charge >= 0.3 is 5.97 Å². The molecular formula is C16H25N3O2. The minimum absolute atomic E-state index is 0.215. The number of hydrogen-bond donors (Lipinski definition) is 1. The van der Waals surface area contributed by atoms with Crippen molar-refractivity contribution < 1.29 is 9.90 Å². The molecule has 21 heavy (non-hydrogen) atoms. The molecule has 1 fully saturated rings. The summed E-state index contributed by atoms with van der Waals surface area (Å²) in [5.74, 6) is 0.650. The van der Waals surface area contributed by atoms with E-state index in [2.05, 4.69) is 35.8 Å². The van der Waals surface area contributed by atoms with Crippen LogP contribution in [0.4, 0.5) is 5.82 Å². The van der Waals surface area contributed by atoms with E-state index in [-0.39, 0.29) is 5.92 Å². The Bertz CT molecular complexity index is 528. The number of carbonyl (C=O) groups is 1. The first-order valence-electron chi connectivity index (χ1n) is 7.46. The van der Waals surface area contributed by atoms with Crippen LogP contribution in [0.3, 0.4) is 0 Å². The first-order chi connectivity index (χ1) is 9.79. The maximum atomic E-state index is 11.3. The van der Waals surface area contributed by atoms with Crippen LogP contribution in [0.2, 0.25) is 0 Å². The topological polar surface area (TPSA) is 56.7 Å². The van der Waals surface area contributed by atoms with Gasteiger partial charge in [0.2, 0.25) is 0 Å². The average Bonchev–Trinajstić information content (AvgIpc) is 2.80. The first-order valence-corrected chi connectivity index (χ1v) is 7.46. The Balaban J connectivity index is 2.33. The monoisotopic (exact) mass is 291 g/mol. The van der Waals surface area contributed by atoms with Gasteiger partial charge in [0.25, 0.3) is 0 Å². The van der Waals surface area contributed by atoms with Crippen LogP contribution < -0.4 is 4.90 Å². The average molecular weight is 291 g/mol. The Morgan fingerprint density at radius 2 is 2.05 bits per heavy atom. The molecule has 2 unspecified atom stereocenters. The lowest BCUT2D eigenvalue weighted by Gasteiger charge is -2.23.